The molecule has 0 heterocycles. The van der Waals surface area contributed by atoms with Crippen LogP contribution in [0.25, 0.3) is 0 Å². The molecule has 0 bridgehead atoms. The molecule has 0 aliphatic carbocycles. The predicted octanol–water partition coefficient (Wildman–Crippen LogP) is 6.87. The Hall–Kier alpha value is -3.90. The second-order valence-electron chi connectivity index (χ2n) is 10.4. The van der Waals surface area contributed by atoms with E-state index in [2.05, 4.69) is 38.2 Å². The zero-order valence-corrected chi connectivity index (χ0v) is 23.1. The molecule has 4 aromatic rings. The van der Waals surface area contributed by atoms with Crippen molar-refractivity contribution in [3.63, 3.8) is 0 Å². The largest absolute Gasteiger partial charge is 0.345 e. The summed E-state index contributed by atoms with van der Waals surface area (Å²) in [6.45, 7) is 8.50. The van der Waals surface area contributed by atoms with Crippen LogP contribution in [-0.2, 0) is 22.0 Å². The number of amides is 1. The maximum absolute atomic E-state index is 13.9. The van der Waals surface area contributed by atoms with Crippen LogP contribution in [0.4, 0.5) is 5.69 Å². The number of sulfonamides is 1. The molecule has 6 heteroatoms. The van der Waals surface area contributed by atoms with Crippen LogP contribution in [0.5, 0.6) is 0 Å². The van der Waals surface area contributed by atoms with E-state index in [4.69, 9.17) is 0 Å². The van der Waals surface area contributed by atoms with Gasteiger partial charge in [0.25, 0.3) is 15.9 Å². The quantitative estimate of drug-likeness (QED) is 0.272. The molecule has 38 heavy (non-hydrogen) atoms. The summed E-state index contributed by atoms with van der Waals surface area (Å²) in [4.78, 5) is 13.7. The molecule has 0 aliphatic heterocycles. The smallest absolute Gasteiger partial charge is 0.264 e. The van der Waals surface area contributed by atoms with Gasteiger partial charge in [-0.15, -0.1) is 0 Å². The lowest BCUT2D eigenvalue weighted by atomic mass is 9.86. The Balaban J connectivity index is 1.68. The number of nitrogens with one attached hydrogen (secondary N) is 1. The fraction of sp³-hybridized carbons (Fsp3) is 0.219. The van der Waals surface area contributed by atoms with Crippen molar-refractivity contribution in [1.82, 2.24) is 5.32 Å². The minimum atomic E-state index is -3.95. The number of hydrogen-bond acceptors (Lipinski definition) is 3. The third-order valence-electron chi connectivity index (χ3n) is 6.54. The van der Waals surface area contributed by atoms with Crippen molar-refractivity contribution in [2.45, 2.75) is 50.6 Å². The highest BCUT2D eigenvalue weighted by molar-refractivity contribution is 7.92. The van der Waals surface area contributed by atoms with Crippen LogP contribution in [0.2, 0.25) is 0 Å². The normalized spacial score (nSPS) is 12.5. The molecule has 0 fully saturated rings. The molecule has 1 N–H and O–H groups in total. The summed E-state index contributed by atoms with van der Waals surface area (Å²) in [5.41, 5.74) is 3.66. The van der Waals surface area contributed by atoms with Crippen LogP contribution in [-0.4, -0.2) is 14.3 Å². The number of rotatable bonds is 8. The summed E-state index contributed by atoms with van der Waals surface area (Å²) in [5, 5.41) is 3.06. The van der Waals surface area contributed by atoms with Crippen molar-refractivity contribution in [3.05, 3.63) is 131 Å². The fourth-order valence-corrected chi connectivity index (χ4v) is 5.77. The van der Waals surface area contributed by atoms with Crippen LogP contribution in [0.15, 0.2) is 114 Å². The molecule has 0 saturated carbocycles. The van der Waals surface area contributed by atoms with E-state index in [0.717, 1.165) is 11.1 Å². The minimum Gasteiger partial charge on any atom is -0.345 e. The molecular formula is C32H34N2O3S. The second kappa shape index (κ2) is 11.2. The van der Waals surface area contributed by atoms with Crippen molar-refractivity contribution in [3.8, 4) is 0 Å². The number of carbonyl (C=O) groups excluding carboxylic acids is 1. The summed E-state index contributed by atoms with van der Waals surface area (Å²) in [5.74, 6) is -0.339. The van der Waals surface area contributed by atoms with Crippen molar-refractivity contribution in [1.29, 1.82) is 0 Å². The molecule has 0 aliphatic rings. The summed E-state index contributed by atoms with van der Waals surface area (Å²) in [6, 6.07) is 32.5. The van der Waals surface area contributed by atoms with E-state index in [1.165, 1.54) is 9.87 Å². The Kier molecular flexibility index (Phi) is 8.02. The van der Waals surface area contributed by atoms with Crippen LogP contribution in [0.3, 0.4) is 0 Å². The SMILES string of the molecule is C[C@@H](NC(=O)c1ccccc1N(Cc1ccccc1)S(=O)(=O)c1ccccc1)c1ccc(C(C)(C)C)cc1. The molecule has 196 valence electrons. The summed E-state index contributed by atoms with van der Waals surface area (Å²) >= 11 is 0. The van der Waals surface area contributed by atoms with Gasteiger partial charge in [0.2, 0.25) is 0 Å². The lowest BCUT2D eigenvalue weighted by Crippen LogP contribution is -2.34. The average Bonchev–Trinajstić information content (AvgIpc) is 2.92. The van der Waals surface area contributed by atoms with Gasteiger partial charge in [-0.3, -0.25) is 9.10 Å². The first-order valence-corrected chi connectivity index (χ1v) is 14.1. The van der Waals surface area contributed by atoms with Crippen molar-refractivity contribution >= 4 is 21.6 Å². The molecule has 1 atom stereocenters. The zero-order valence-electron chi connectivity index (χ0n) is 22.3. The van der Waals surface area contributed by atoms with Crippen molar-refractivity contribution in [2.24, 2.45) is 0 Å². The van der Waals surface area contributed by atoms with Gasteiger partial charge in [-0.25, -0.2) is 8.42 Å². The van der Waals surface area contributed by atoms with Gasteiger partial charge in [-0.2, -0.15) is 0 Å². The van der Waals surface area contributed by atoms with Gasteiger partial charge < -0.3 is 5.32 Å². The number of hydrogen-bond donors (Lipinski definition) is 1. The third kappa shape index (κ3) is 6.14. The molecule has 5 nitrogen and oxygen atoms in total. The molecular weight excluding hydrogens is 492 g/mol. The van der Waals surface area contributed by atoms with Crippen LogP contribution in [0, 0.1) is 0 Å². The minimum absolute atomic E-state index is 0.0381. The first-order chi connectivity index (χ1) is 18.1. The van der Waals surface area contributed by atoms with Gasteiger partial charge in [0, 0.05) is 0 Å². The monoisotopic (exact) mass is 526 g/mol. The van der Waals surface area contributed by atoms with Crippen LogP contribution < -0.4 is 9.62 Å². The molecule has 0 spiro atoms. The van der Waals surface area contributed by atoms with E-state index in [-0.39, 0.29) is 28.8 Å². The molecule has 0 unspecified atom stereocenters. The Morgan fingerprint density at radius 3 is 1.95 bits per heavy atom. The number of para-hydroxylation sites is 1. The maximum Gasteiger partial charge on any atom is 0.264 e. The Bertz CT molecular complexity index is 1480. The maximum atomic E-state index is 13.9. The zero-order chi connectivity index (χ0) is 27.3. The lowest BCUT2D eigenvalue weighted by molar-refractivity contribution is 0.0940. The third-order valence-corrected chi connectivity index (χ3v) is 8.32. The first kappa shape index (κ1) is 27.1. The van der Waals surface area contributed by atoms with E-state index in [1.807, 2.05) is 49.4 Å². The van der Waals surface area contributed by atoms with Crippen molar-refractivity contribution < 1.29 is 13.2 Å². The van der Waals surface area contributed by atoms with Gasteiger partial charge >= 0.3 is 0 Å². The van der Waals surface area contributed by atoms with Crippen molar-refractivity contribution in [2.75, 3.05) is 4.31 Å². The van der Waals surface area contributed by atoms with Gasteiger partial charge in [-0.1, -0.05) is 106 Å². The van der Waals surface area contributed by atoms with Gasteiger partial charge in [-0.05, 0) is 53.3 Å². The molecule has 0 radical (unpaired) electrons. The predicted molar refractivity (Wildman–Crippen MR) is 154 cm³/mol. The van der Waals surface area contributed by atoms with Gasteiger partial charge in [0.05, 0.1) is 28.7 Å². The van der Waals surface area contributed by atoms with Gasteiger partial charge in [0.1, 0.15) is 0 Å². The molecule has 4 aromatic carbocycles. The van der Waals surface area contributed by atoms with E-state index in [9.17, 15) is 13.2 Å². The molecule has 0 saturated heterocycles. The molecule has 1 amide bonds. The molecule has 0 aromatic heterocycles. The van der Waals surface area contributed by atoms with Gasteiger partial charge in [0.15, 0.2) is 0 Å². The Labute approximate surface area is 226 Å². The topological polar surface area (TPSA) is 66.5 Å². The number of carbonyl (C=O) groups is 1. The highest BCUT2D eigenvalue weighted by Gasteiger charge is 2.29. The summed E-state index contributed by atoms with van der Waals surface area (Å²) in [7, 11) is -3.95. The lowest BCUT2D eigenvalue weighted by Gasteiger charge is -2.27. The first-order valence-electron chi connectivity index (χ1n) is 12.7. The summed E-state index contributed by atoms with van der Waals surface area (Å²) < 4.78 is 29.0. The number of benzene rings is 4. The highest BCUT2D eigenvalue weighted by Crippen LogP contribution is 2.30. The standard InChI is InChI=1S/C32H34N2O3S/c1-24(26-19-21-27(22-20-26)32(2,3)4)33-31(35)29-17-11-12-18-30(29)34(23-25-13-7-5-8-14-25)38(36,37)28-15-9-6-10-16-28/h5-22,24H,23H2,1-4H3,(H,33,35)/t24-/m1/s1. The van der Waals surface area contributed by atoms with Crippen LogP contribution in [0.1, 0.15) is 60.8 Å². The summed E-state index contributed by atoms with van der Waals surface area (Å²) in [6.07, 6.45) is 0. The Morgan fingerprint density at radius 1 is 0.789 bits per heavy atom. The fourth-order valence-electron chi connectivity index (χ4n) is 4.28. The number of nitrogens with zero attached hydrogens (tertiary/aromatic N) is 1. The second-order valence-corrected chi connectivity index (χ2v) is 12.3. The van der Waals surface area contributed by atoms with E-state index < -0.39 is 10.0 Å². The Morgan fingerprint density at radius 2 is 1.34 bits per heavy atom. The van der Waals surface area contributed by atoms with E-state index in [0.29, 0.717) is 11.3 Å². The molecule has 4 rings (SSSR count). The number of anilines is 1. The van der Waals surface area contributed by atoms with E-state index >= 15 is 0 Å². The van der Waals surface area contributed by atoms with Crippen LogP contribution >= 0.6 is 0 Å². The average molecular weight is 527 g/mol. The van der Waals surface area contributed by atoms with E-state index in [1.54, 1.807) is 54.6 Å². The highest BCUT2D eigenvalue weighted by atomic mass is 32.2.